The van der Waals surface area contributed by atoms with Gasteiger partial charge in [0.2, 0.25) is 0 Å². The van der Waals surface area contributed by atoms with Gasteiger partial charge >= 0.3 is 11.4 Å². The molecule has 0 amide bonds. The third-order valence-corrected chi connectivity index (χ3v) is 2.47. The molecule has 0 saturated carbocycles. The lowest BCUT2D eigenvalue weighted by Crippen LogP contribution is -2.23. The van der Waals surface area contributed by atoms with E-state index in [2.05, 4.69) is 4.98 Å². The van der Waals surface area contributed by atoms with Crippen LogP contribution in [-0.2, 0) is 6.54 Å². The number of nitrogens with zero attached hydrogens (tertiary/aromatic N) is 3. The lowest BCUT2D eigenvalue weighted by atomic mass is 10.2. The number of benzene rings is 1. The zero-order valence-electron chi connectivity index (χ0n) is 9.62. The standard InChI is InChI=1S/C11H9FN4O3/c12-10-3-8(13)2-1-7(10)5-15-6-9(16(18)19)4-14-11(15)17/h1-4,6H,5,13H2. The summed E-state index contributed by atoms with van der Waals surface area (Å²) in [5.41, 5.74) is 4.82. The van der Waals surface area contributed by atoms with Gasteiger partial charge in [-0.3, -0.25) is 14.7 Å². The fraction of sp³-hybridized carbons (Fsp3) is 0.0909. The molecule has 19 heavy (non-hydrogen) atoms. The van der Waals surface area contributed by atoms with Crippen LogP contribution in [0.1, 0.15) is 5.56 Å². The monoisotopic (exact) mass is 264 g/mol. The second-order valence-corrected chi connectivity index (χ2v) is 3.83. The molecule has 0 aliphatic heterocycles. The lowest BCUT2D eigenvalue weighted by Gasteiger charge is -2.06. The van der Waals surface area contributed by atoms with Crippen molar-refractivity contribution in [3.63, 3.8) is 0 Å². The molecule has 98 valence electrons. The molecule has 2 N–H and O–H groups in total. The molecule has 0 spiro atoms. The van der Waals surface area contributed by atoms with Crippen molar-refractivity contribution < 1.29 is 9.31 Å². The second-order valence-electron chi connectivity index (χ2n) is 3.83. The molecule has 0 atom stereocenters. The maximum Gasteiger partial charge on any atom is 0.348 e. The summed E-state index contributed by atoms with van der Waals surface area (Å²) >= 11 is 0. The molecular weight excluding hydrogens is 255 g/mol. The van der Waals surface area contributed by atoms with Crippen molar-refractivity contribution in [3.05, 3.63) is 62.6 Å². The average molecular weight is 264 g/mol. The first-order valence-electron chi connectivity index (χ1n) is 5.22. The quantitative estimate of drug-likeness (QED) is 0.504. The Labute approximate surface area is 106 Å². The number of nitrogen functional groups attached to an aromatic ring is 1. The van der Waals surface area contributed by atoms with Gasteiger partial charge in [-0.25, -0.2) is 9.18 Å². The van der Waals surface area contributed by atoms with Crippen LogP contribution in [0.25, 0.3) is 0 Å². The first-order valence-corrected chi connectivity index (χ1v) is 5.22. The fourth-order valence-electron chi connectivity index (χ4n) is 1.53. The van der Waals surface area contributed by atoms with Gasteiger partial charge < -0.3 is 5.73 Å². The Kier molecular flexibility index (Phi) is 3.23. The molecule has 1 aromatic carbocycles. The van der Waals surface area contributed by atoms with E-state index in [1.165, 1.54) is 12.1 Å². The number of hydrogen-bond donors (Lipinski definition) is 1. The van der Waals surface area contributed by atoms with Crippen molar-refractivity contribution in [2.24, 2.45) is 0 Å². The largest absolute Gasteiger partial charge is 0.399 e. The number of hydrogen-bond acceptors (Lipinski definition) is 5. The van der Waals surface area contributed by atoms with E-state index in [9.17, 15) is 19.3 Å². The molecule has 0 aliphatic rings. The van der Waals surface area contributed by atoms with E-state index in [1.54, 1.807) is 0 Å². The molecule has 0 radical (unpaired) electrons. The number of anilines is 1. The van der Waals surface area contributed by atoms with Crippen molar-refractivity contribution >= 4 is 11.4 Å². The maximum atomic E-state index is 13.6. The van der Waals surface area contributed by atoms with Crippen molar-refractivity contribution in [1.82, 2.24) is 9.55 Å². The summed E-state index contributed by atoms with van der Waals surface area (Å²) in [6, 6.07) is 4.01. The average Bonchev–Trinajstić information content (AvgIpc) is 2.34. The molecule has 0 fully saturated rings. The molecule has 0 unspecified atom stereocenters. The molecule has 1 heterocycles. The van der Waals surface area contributed by atoms with E-state index in [4.69, 9.17) is 5.73 Å². The number of halogens is 1. The van der Waals surface area contributed by atoms with Crippen molar-refractivity contribution in [2.75, 3.05) is 5.73 Å². The molecule has 0 saturated heterocycles. The minimum atomic E-state index is -0.693. The smallest absolute Gasteiger partial charge is 0.348 e. The molecule has 7 nitrogen and oxygen atoms in total. The van der Waals surface area contributed by atoms with Crippen LogP contribution < -0.4 is 11.4 Å². The topological polar surface area (TPSA) is 104 Å². The molecule has 2 rings (SSSR count). The number of nitro groups is 1. The Bertz CT molecular complexity index is 699. The van der Waals surface area contributed by atoms with E-state index in [0.29, 0.717) is 0 Å². The Hall–Kier alpha value is -2.77. The third kappa shape index (κ3) is 2.73. The van der Waals surface area contributed by atoms with E-state index < -0.39 is 16.4 Å². The van der Waals surface area contributed by atoms with E-state index >= 15 is 0 Å². The molecule has 2 aromatic rings. The van der Waals surface area contributed by atoms with Crippen molar-refractivity contribution in [3.8, 4) is 0 Å². The fourth-order valence-corrected chi connectivity index (χ4v) is 1.53. The highest BCUT2D eigenvalue weighted by molar-refractivity contribution is 5.40. The normalized spacial score (nSPS) is 10.4. The van der Waals surface area contributed by atoms with E-state index in [0.717, 1.165) is 23.0 Å². The summed E-state index contributed by atoms with van der Waals surface area (Å²) in [5, 5.41) is 10.6. The van der Waals surface area contributed by atoms with Gasteiger partial charge in [0, 0.05) is 11.3 Å². The van der Waals surface area contributed by atoms with Gasteiger partial charge in [-0.05, 0) is 12.1 Å². The minimum absolute atomic E-state index is 0.153. The maximum absolute atomic E-state index is 13.6. The van der Waals surface area contributed by atoms with Gasteiger partial charge in [-0.1, -0.05) is 6.07 Å². The van der Waals surface area contributed by atoms with Crippen LogP contribution >= 0.6 is 0 Å². The predicted molar refractivity (Wildman–Crippen MR) is 65.1 cm³/mol. The highest BCUT2D eigenvalue weighted by atomic mass is 19.1. The molecule has 1 aromatic heterocycles. The summed E-state index contributed by atoms with van der Waals surface area (Å²) in [7, 11) is 0. The van der Waals surface area contributed by atoms with Gasteiger partial charge in [0.15, 0.2) is 0 Å². The Morgan fingerprint density at radius 2 is 2.21 bits per heavy atom. The van der Waals surface area contributed by atoms with Crippen LogP contribution in [0.3, 0.4) is 0 Å². The van der Waals surface area contributed by atoms with Crippen LogP contribution in [0.5, 0.6) is 0 Å². The minimum Gasteiger partial charge on any atom is -0.399 e. The van der Waals surface area contributed by atoms with Gasteiger partial charge in [0.25, 0.3) is 0 Å². The van der Waals surface area contributed by atoms with Gasteiger partial charge in [-0.15, -0.1) is 0 Å². The number of rotatable bonds is 3. The van der Waals surface area contributed by atoms with Gasteiger partial charge in [0.05, 0.1) is 17.7 Å². The molecule has 0 aliphatic carbocycles. The van der Waals surface area contributed by atoms with E-state index in [-0.39, 0.29) is 23.5 Å². The Balaban J connectivity index is 2.40. The summed E-state index contributed by atoms with van der Waals surface area (Å²) in [6.07, 6.45) is 1.88. The third-order valence-electron chi connectivity index (χ3n) is 2.47. The summed E-state index contributed by atoms with van der Waals surface area (Å²) in [4.78, 5) is 24.7. The second kappa shape index (κ2) is 4.84. The molecule has 0 bridgehead atoms. The zero-order valence-corrected chi connectivity index (χ0v) is 9.62. The Morgan fingerprint density at radius 3 is 2.84 bits per heavy atom. The van der Waals surface area contributed by atoms with Crippen molar-refractivity contribution in [1.29, 1.82) is 0 Å². The highest BCUT2D eigenvalue weighted by Crippen LogP contribution is 2.13. The predicted octanol–water partition coefficient (Wildman–Crippen LogP) is 0.921. The van der Waals surface area contributed by atoms with Gasteiger partial charge in [-0.2, -0.15) is 4.98 Å². The first-order chi connectivity index (χ1) is 8.97. The van der Waals surface area contributed by atoms with Crippen LogP contribution in [0.15, 0.2) is 35.4 Å². The number of nitrogens with two attached hydrogens (primary N) is 1. The number of aromatic nitrogens is 2. The summed E-state index contributed by atoms with van der Waals surface area (Å²) in [6.45, 7) is -0.153. The van der Waals surface area contributed by atoms with Crippen molar-refractivity contribution in [2.45, 2.75) is 6.54 Å². The summed E-state index contributed by atoms with van der Waals surface area (Å²) in [5.74, 6) is -0.585. The molecule has 8 heteroatoms. The lowest BCUT2D eigenvalue weighted by molar-refractivity contribution is -0.385. The van der Waals surface area contributed by atoms with Crippen LogP contribution in [0, 0.1) is 15.9 Å². The SMILES string of the molecule is Nc1ccc(Cn2cc([N+](=O)[O-])cnc2=O)c(F)c1. The van der Waals surface area contributed by atoms with Crippen LogP contribution in [-0.4, -0.2) is 14.5 Å². The summed E-state index contributed by atoms with van der Waals surface area (Å²) < 4.78 is 14.5. The van der Waals surface area contributed by atoms with Crippen LogP contribution in [0.2, 0.25) is 0 Å². The van der Waals surface area contributed by atoms with Crippen LogP contribution in [0.4, 0.5) is 15.8 Å². The highest BCUT2D eigenvalue weighted by Gasteiger charge is 2.11. The zero-order chi connectivity index (χ0) is 14.0. The van der Waals surface area contributed by atoms with Gasteiger partial charge in [0.1, 0.15) is 12.0 Å². The Morgan fingerprint density at radius 1 is 1.47 bits per heavy atom. The first kappa shape index (κ1) is 12.7. The van der Waals surface area contributed by atoms with E-state index in [1.807, 2.05) is 0 Å². The molecular formula is C11H9FN4O3.